The Balaban J connectivity index is 1.83. The Morgan fingerprint density at radius 3 is 2.52 bits per heavy atom. The number of benzene rings is 1. The predicted molar refractivity (Wildman–Crippen MR) is 95.7 cm³/mol. The highest BCUT2D eigenvalue weighted by Crippen LogP contribution is 2.33. The third-order valence-electron chi connectivity index (χ3n) is 5.43. The number of nitro benzene ring substituents is 1. The van der Waals surface area contributed by atoms with E-state index in [9.17, 15) is 24.1 Å². The molecule has 0 spiro atoms. The van der Waals surface area contributed by atoms with Gasteiger partial charge in [-0.15, -0.1) is 0 Å². The van der Waals surface area contributed by atoms with Crippen molar-refractivity contribution in [3.8, 4) is 0 Å². The van der Waals surface area contributed by atoms with Crippen LogP contribution in [0.1, 0.15) is 36.5 Å². The van der Waals surface area contributed by atoms with Crippen LogP contribution in [0.3, 0.4) is 0 Å². The molecular formula is C18H22FN3O5. The number of carbonyl (C=O) groups is 2. The molecule has 9 heteroatoms. The Morgan fingerprint density at radius 2 is 1.96 bits per heavy atom. The Labute approximate surface area is 155 Å². The molecule has 0 aliphatic carbocycles. The van der Waals surface area contributed by atoms with E-state index in [-0.39, 0.29) is 24.2 Å². The van der Waals surface area contributed by atoms with E-state index in [0.29, 0.717) is 24.7 Å². The zero-order chi connectivity index (χ0) is 19.8. The topological polar surface area (TPSA) is 104 Å². The van der Waals surface area contributed by atoms with Gasteiger partial charge in [-0.3, -0.25) is 14.9 Å². The van der Waals surface area contributed by atoms with Crippen molar-refractivity contribution in [3.63, 3.8) is 0 Å². The Kier molecular flexibility index (Phi) is 5.03. The molecule has 146 valence electrons. The molecule has 0 aromatic heterocycles. The van der Waals surface area contributed by atoms with Crippen molar-refractivity contribution in [2.45, 2.75) is 31.9 Å². The van der Waals surface area contributed by atoms with Crippen molar-refractivity contribution in [1.29, 1.82) is 0 Å². The lowest BCUT2D eigenvalue weighted by atomic mass is 9.98. The van der Waals surface area contributed by atoms with Crippen LogP contribution >= 0.6 is 0 Å². The highest BCUT2D eigenvalue weighted by Gasteiger charge is 2.47. The summed E-state index contributed by atoms with van der Waals surface area (Å²) >= 11 is 0. The number of alkyl halides is 1. The van der Waals surface area contributed by atoms with E-state index in [1.165, 1.54) is 12.1 Å². The van der Waals surface area contributed by atoms with Crippen LogP contribution in [0.5, 0.6) is 0 Å². The summed E-state index contributed by atoms with van der Waals surface area (Å²) in [5.74, 6) is -1.62. The smallest absolute Gasteiger partial charge is 0.343 e. The molecule has 3 rings (SSSR count). The first kappa shape index (κ1) is 19.1. The minimum atomic E-state index is -2.47. The van der Waals surface area contributed by atoms with E-state index in [2.05, 4.69) is 6.92 Å². The largest absolute Gasteiger partial charge is 0.479 e. The molecule has 1 atom stereocenters. The highest BCUT2D eigenvalue weighted by atomic mass is 19.1. The summed E-state index contributed by atoms with van der Waals surface area (Å²) in [5.41, 5.74) is -2.11. The standard InChI is InChI=1S/C18H22FN3O5/c1-12-4-7-20(8-5-12)14-3-2-13(10-15(14)22(26)27)16(23)21-9-6-18(19,11-21)17(24)25/h2-3,10,12H,4-9,11H2,1H3,(H,24,25). The van der Waals surface area contributed by atoms with Crippen LogP contribution in [0, 0.1) is 16.0 Å². The summed E-state index contributed by atoms with van der Waals surface area (Å²) in [7, 11) is 0. The molecule has 8 nitrogen and oxygen atoms in total. The summed E-state index contributed by atoms with van der Waals surface area (Å²) in [6.07, 6.45) is 1.60. The number of piperidine rings is 1. The Bertz CT molecular complexity index is 778. The summed E-state index contributed by atoms with van der Waals surface area (Å²) in [5, 5.41) is 20.5. The van der Waals surface area contributed by atoms with E-state index in [1.807, 2.05) is 4.90 Å². The lowest BCUT2D eigenvalue weighted by Gasteiger charge is -2.31. The summed E-state index contributed by atoms with van der Waals surface area (Å²) in [6, 6.07) is 4.24. The molecule has 1 unspecified atom stereocenters. The summed E-state index contributed by atoms with van der Waals surface area (Å²) in [6.45, 7) is 2.97. The number of nitrogens with zero attached hydrogens (tertiary/aromatic N) is 3. The average molecular weight is 379 g/mol. The second-order valence-electron chi connectivity index (χ2n) is 7.38. The van der Waals surface area contributed by atoms with E-state index >= 15 is 0 Å². The maximum Gasteiger partial charge on any atom is 0.343 e. The van der Waals surface area contributed by atoms with Gasteiger partial charge in [-0.25, -0.2) is 9.18 Å². The van der Waals surface area contributed by atoms with Gasteiger partial charge in [-0.05, 0) is 30.9 Å². The zero-order valence-electron chi connectivity index (χ0n) is 15.1. The number of amides is 1. The number of anilines is 1. The summed E-state index contributed by atoms with van der Waals surface area (Å²) in [4.78, 5) is 37.6. The van der Waals surface area contributed by atoms with Gasteiger partial charge in [0.1, 0.15) is 5.69 Å². The van der Waals surface area contributed by atoms with Gasteiger partial charge < -0.3 is 14.9 Å². The van der Waals surface area contributed by atoms with Gasteiger partial charge in [0.05, 0.1) is 11.5 Å². The number of hydrogen-bond donors (Lipinski definition) is 1. The molecule has 1 aromatic rings. The molecule has 2 saturated heterocycles. The predicted octanol–water partition coefficient (Wildman–Crippen LogP) is 2.47. The SMILES string of the molecule is CC1CCN(c2ccc(C(=O)N3CCC(F)(C(=O)O)C3)cc2[N+](=O)[O-])CC1. The van der Waals surface area contributed by atoms with Crippen molar-refractivity contribution in [2.24, 2.45) is 5.92 Å². The Hall–Kier alpha value is -2.71. The average Bonchev–Trinajstić information content (AvgIpc) is 3.05. The monoisotopic (exact) mass is 379 g/mol. The quantitative estimate of drug-likeness (QED) is 0.637. The van der Waals surface area contributed by atoms with Crippen molar-refractivity contribution in [3.05, 3.63) is 33.9 Å². The first-order valence-electron chi connectivity index (χ1n) is 8.96. The molecule has 1 amide bonds. The molecule has 1 N–H and O–H groups in total. The molecule has 1 aromatic carbocycles. The van der Waals surface area contributed by atoms with Crippen LogP contribution in [0.25, 0.3) is 0 Å². The van der Waals surface area contributed by atoms with Gasteiger partial charge in [0.15, 0.2) is 0 Å². The minimum absolute atomic E-state index is 0.0405. The lowest BCUT2D eigenvalue weighted by molar-refractivity contribution is -0.384. The van der Waals surface area contributed by atoms with Crippen LogP contribution in [0.2, 0.25) is 0 Å². The molecule has 2 fully saturated rings. The van der Waals surface area contributed by atoms with Crippen LogP contribution in [-0.4, -0.2) is 58.7 Å². The molecule has 2 aliphatic heterocycles. The highest BCUT2D eigenvalue weighted by molar-refractivity contribution is 5.96. The van der Waals surface area contributed by atoms with Crippen molar-refractivity contribution >= 4 is 23.3 Å². The van der Waals surface area contributed by atoms with Gasteiger partial charge in [0.25, 0.3) is 11.6 Å². The fourth-order valence-electron chi connectivity index (χ4n) is 3.62. The second kappa shape index (κ2) is 7.13. The molecule has 2 heterocycles. The van der Waals surface area contributed by atoms with Gasteiger partial charge in [-0.1, -0.05) is 6.92 Å². The van der Waals surface area contributed by atoms with Gasteiger partial charge in [0, 0.05) is 37.7 Å². The number of carboxylic acid groups (broad SMARTS) is 1. The minimum Gasteiger partial charge on any atom is -0.479 e. The van der Waals surface area contributed by atoms with E-state index in [4.69, 9.17) is 5.11 Å². The number of carbonyl (C=O) groups excluding carboxylic acids is 1. The van der Waals surface area contributed by atoms with Crippen LogP contribution in [-0.2, 0) is 4.79 Å². The molecule has 2 aliphatic rings. The van der Waals surface area contributed by atoms with E-state index in [0.717, 1.165) is 17.7 Å². The lowest BCUT2D eigenvalue weighted by Crippen LogP contribution is -2.39. The molecule has 0 bridgehead atoms. The third-order valence-corrected chi connectivity index (χ3v) is 5.43. The Morgan fingerprint density at radius 1 is 1.30 bits per heavy atom. The molecular weight excluding hydrogens is 357 g/mol. The first-order chi connectivity index (χ1) is 12.7. The number of nitro groups is 1. The van der Waals surface area contributed by atoms with E-state index < -0.39 is 29.0 Å². The number of rotatable bonds is 4. The van der Waals surface area contributed by atoms with Gasteiger partial charge in [-0.2, -0.15) is 0 Å². The number of carboxylic acids is 1. The zero-order valence-corrected chi connectivity index (χ0v) is 15.1. The molecule has 27 heavy (non-hydrogen) atoms. The van der Waals surface area contributed by atoms with Crippen LogP contribution in [0.4, 0.5) is 15.8 Å². The molecule has 0 saturated carbocycles. The third kappa shape index (κ3) is 3.72. The van der Waals surface area contributed by atoms with Gasteiger partial charge in [0.2, 0.25) is 5.67 Å². The van der Waals surface area contributed by atoms with Gasteiger partial charge >= 0.3 is 5.97 Å². The number of likely N-dealkylation sites (tertiary alicyclic amines) is 1. The fourth-order valence-corrected chi connectivity index (χ4v) is 3.62. The van der Waals surface area contributed by atoms with E-state index in [1.54, 1.807) is 6.07 Å². The normalized spacial score (nSPS) is 23.5. The van der Waals surface area contributed by atoms with Crippen molar-refractivity contribution < 1.29 is 24.0 Å². The van der Waals surface area contributed by atoms with Crippen molar-refractivity contribution in [1.82, 2.24) is 4.90 Å². The first-order valence-corrected chi connectivity index (χ1v) is 8.96. The number of aliphatic carboxylic acids is 1. The van der Waals surface area contributed by atoms with Crippen molar-refractivity contribution in [2.75, 3.05) is 31.1 Å². The number of halogens is 1. The number of hydrogen-bond acceptors (Lipinski definition) is 5. The van der Waals surface area contributed by atoms with Crippen LogP contribution < -0.4 is 4.90 Å². The second-order valence-corrected chi connectivity index (χ2v) is 7.38. The maximum atomic E-state index is 14.2. The summed E-state index contributed by atoms with van der Waals surface area (Å²) < 4.78 is 14.2. The fraction of sp³-hybridized carbons (Fsp3) is 0.556. The molecule has 0 radical (unpaired) electrons. The maximum absolute atomic E-state index is 14.2. The van der Waals surface area contributed by atoms with Crippen LogP contribution in [0.15, 0.2) is 18.2 Å².